The average molecular weight is 922 g/mol. The SMILES string of the molecule is [2H]C([2H])([2H])c1c[c-]c(-c2cc(-c3ccccc3)c(C([2H])([2H])[2H])cn2)cc1.[2H]C([2H])([2H])c1cnc(-c2[c-]ccc3c2oc2ccccc23)cc1-c1ccc(C2([2H])CCC(C)(C)CC2)cc1C([2H])([2H])[2H].[Ir]. The summed E-state index contributed by atoms with van der Waals surface area (Å²) < 4.78 is 111. The normalized spacial score (nSPS) is 18.8. The minimum absolute atomic E-state index is 0. The number of para-hydroxylation sites is 1. The van der Waals surface area contributed by atoms with Crippen LogP contribution in [0.25, 0.3) is 66.7 Å². The molecule has 1 radical (unpaired) electrons. The van der Waals surface area contributed by atoms with E-state index in [0.29, 0.717) is 63.2 Å². The van der Waals surface area contributed by atoms with Crippen LogP contribution in [-0.4, -0.2) is 9.97 Å². The van der Waals surface area contributed by atoms with Gasteiger partial charge in [0.1, 0.15) is 5.58 Å². The second-order valence-electron chi connectivity index (χ2n) is 14.8. The Kier molecular flexibility index (Phi) is 7.64. The molecule has 1 fully saturated rings. The van der Waals surface area contributed by atoms with Gasteiger partial charge in [-0.25, -0.2) is 0 Å². The molecule has 56 heavy (non-hydrogen) atoms. The topological polar surface area (TPSA) is 38.9 Å². The van der Waals surface area contributed by atoms with Gasteiger partial charge in [0.25, 0.3) is 0 Å². The summed E-state index contributed by atoms with van der Waals surface area (Å²) in [7, 11) is 0. The quantitative estimate of drug-likeness (QED) is 0.161. The number of aryl methyl sites for hydroxylation is 4. The van der Waals surface area contributed by atoms with Gasteiger partial charge in [-0.1, -0.05) is 111 Å². The molecule has 1 aliphatic rings. The fourth-order valence-corrected chi connectivity index (χ4v) is 7.26. The molecule has 3 nitrogen and oxygen atoms in total. The van der Waals surface area contributed by atoms with Gasteiger partial charge in [0.2, 0.25) is 0 Å². The molecule has 1 saturated carbocycles. The number of furan rings is 1. The number of benzene rings is 5. The minimum Gasteiger partial charge on any atom is -0.501 e. The molecule has 0 aliphatic heterocycles. The van der Waals surface area contributed by atoms with Gasteiger partial charge in [0.15, 0.2) is 0 Å². The molecule has 0 bridgehead atoms. The molecule has 5 aromatic carbocycles. The molecule has 0 amide bonds. The number of hydrogen-bond acceptors (Lipinski definition) is 3. The second-order valence-corrected chi connectivity index (χ2v) is 14.8. The third-order valence-electron chi connectivity index (χ3n) is 10.5. The van der Waals surface area contributed by atoms with Crippen LogP contribution in [0.15, 0.2) is 132 Å². The Morgan fingerprint density at radius 1 is 0.696 bits per heavy atom. The zero-order valence-electron chi connectivity index (χ0n) is 44.1. The van der Waals surface area contributed by atoms with Gasteiger partial charge in [-0.05, 0) is 120 Å². The van der Waals surface area contributed by atoms with Crippen LogP contribution in [0, 0.1) is 45.0 Å². The number of pyridine rings is 2. The van der Waals surface area contributed by atoms with Crippen molar-refractivity contribution >= 4 is 21.9 Å². The van der Waals surface area contributed by atoms with E-state index in [1.165, 1.54) is 24.5 Å². The Hall–Kier alpha value is -5.15. The van der Waals surface area contributed by atoms with Gasteiger partial charge < -0.3 is 14.4 Å². The Labute approximate surface area is 363 Å². The zero-order chi connectivity index (χ0) is 49.0. The van der Waals surface area contributed by atoms with Crippen molar-refractivity contribution in [3.8, 4) is 44.8 Å². The fourth-order valence-electron chi connectivity index (χ4n) is 7.26. The zero-order valence-corrected chi connectivity index (χ0v) is 33.5. The monoisotopic (exact) mass is 922 g/mol. The molecule has 283 valence electrons. The maximum absolute atomic E-state index is 9.23. The minimum atomic E-state index is -2.54. The van der Waals surface area contributed by atoms with Gasteiger partial charge in [0, 0.05) is 55.7 Å². The molecule has 0 atom stereocenters. The maximum Gasteiger partial charge on any atom is 0.120 e. The van der Waals surface area contributed by atoms with Crippen molar-refractivity contribution in [2.45, 2.75) is 72.8 Å². The second kappa shape index (κ2) is 16.5. The summed E-state index contributed by atoms with van der Waals surface area (Å²) in [5.74, 6) is -0.893. The van der Waals surface area contributed by atoms with E-state index in [1.54, 1.807) is 42.5 Å². The van der Waals surface area contributed by atoms with Crippen molar-refractivity contribution in [3.63, 3.8) is 0 Å². The molecule has 0 spiro atoms. The molecule has 8 aromatic rings. The van der Waals surface area contributed by atoms with Gasteiger partial charge in [-0.2, -0.15) is 0 Å². The standard InChI is InChI=1S/C33H32NO.C19H16N.Ir/c1-21-18-24(23-14-16-33(3,4)17-15-23)12-13-25(21)29-19-30(34-20-22(29)2)28-10-7-9-27-26-8-5-6-11-31(26)35-32(27)28;1-14-8-10-17(11-9-14)19-12-18(15(2)13-20-19)16-6-4-3-5-7-16;/h5-9,11-13,18-20,23H,14-17H2,1-4H3;3-10,12-13H,1-2H3;/q2*-1;/i1D3,2D3,23D;1D3,2D3;. The predicted molar refractivity (Wildman–Crippen MR) is 229 cm³/mol. The summed E-state index contributed by atoms with van der Waals surface area (Å²) in [4.78, 5) is 8.77. The first-order valence-corrected chi connectivity index (χ1v) is 18.4. The molecule has 1 aliphatic carbocycles. The number of nitrogens with zero attached hydrogens (tertiary/aromatic N) is 2. The first kappa shape index (κ1) is 25.9. The van der Waals surface area contributed by atoms with Crippen LogP contribution in [0.2, 0.25) is 0 Å². The third-order valence-corrected chi connectivity index (χ3v) is 10.5. The van der Waals surface area contributed by atoms with E-state index in [1.807, 2.05) is 60.7 Å². The van der Waals surface area contributed by atoms with Gasteiger partial charge >= 0.3 is 0 Å². The van der Waals surface area contributed by atoms with Gasteiger partial charge in [-0.3, -0.25) is 0 Å². The maximum atomic E-state index is 9.23. The van der Waals surface area contributed by atoms with Gasteiger partial charge in [0.05, 0.1) is 5.58 Å². The van der Waals surface area contributed by atoms with Crippen molar-refractivity contribution in [3.05, 3.63) is 168 Å². The van der Waals surface area contributed by atoms with Crippen molar-refractivity contribution in [2.75, 3.05) is 0 Å². The Balaban J connectivity index is 0.000000224. The number of aromatic nitrogens is 2. The summed E-state index contributed by atoms with van der Waals surface area (Å²) in [6, 6.07) is 39.7. The third kappa shape index (κ3) is 8.19. The average Bonchev–Trinajstić information content (AvgIpc) is 3.68. The summed E-state index contributed by atoms with van der Waals surface area (Å²) in [5.41, 5.74) is 6.49. The first-order valence-electron chi connectivity index (χ1n) is 24.9. The molecule has 0 saturated heterocycles. The number of hydrogen-bond donors (Lipinski definition) is 0. The van der Waals surface area contributed by atoms with E-state index in [4.69, 9.17) is 20.9 Å². The van der Waals surface area contributed by atoms with Crippen LogP contribution in [0.3, 0.4) is 0 Å². The van der Waals surface area contributed by atoms with Gasteiger partial charge in [-0.15, -0.1) is 53.6 Å². The van der Waals surface area contributed by atoms with E-state index in [9.17, 15) is 1.37 Å². The Morgan fingerprint density at radius 2 is 1.43 bits per heavy atom. The summed E-state index contributed by atoms with van der Waals surface area (Å²) in [6.45, 7) is -5.15. The van der Waals surface area contributed by atoms with Crippen molar-refractivity contribution in [1.82, 2.24) is 9.97 Å². The molecule has 3 heterocycles. The van der Waals surface area contributed by atoms with Crippen LogP contribution >= 0.6 is 0 Å². The van der Waals surface area contributed by atoms with Crippen LogP contribution in [0.5, 0.6) is 0 Å². The first-order chi connectivity index (χ1) is 31.8. The van der Waals surface area contributed by atoms with Crippen molar-refractivity contribution in [2.24, 2.45) is 5.41 Å². The van der Waals surface area contributed by atoms with Crippen LogP contribution < -0.4 is 0 Å². The number of rotatable bonds is 5. The molecule has 0 unspecified atom stereocenters. The molecule has 9 rings (SSSR count). The van der Waals surface area contributed by atoms with Crippen LogP contribution in [0.4, 0.5) is 0 Å². The van der Waals surface area contributed by atoms with E-state index < -0.39 is 33.3 Å². The predicted octanol–water partition coefficient (Wildman–Crippen LogP) is 14.2. The summed E-state index contributed by atoms with van der Waals surface area (Å²) in [5, 5.41) is 1.82. The smallest absolute Gasteiger partial charge is 0.120 e. The molecule has 3 aromatic heterocycles. The molecule has 4 heteroatoms. The number of fused-ring (bicyclic) bond motifs is 3. The van der Waals surface area contributed by atoms with Crippen LogP contribution in [0.1, 0.15) is 91.1 Å². The Bertz CT molecular complexity index is 3110. The molecule has 0 N–H and O–H groups in total. The summed E-state index contributed by atoms with van der Waals surface area (Å²) >= 11 is 0. The van der Waals surface area contributed by atoms with E-state index >= 15 is 0 Å². The van der Waals surface area contributed by atoms with Crippen LogP contribution in [-0.2, 0) is 20.1 Å². The van der Waals surface area contributed by atoms with E-state index in [2.05, 4.69) is 35.9 Å². The van der Waals surface area contributed by atoms with E-state index in [-0.39, 0.29) is 53.3 Å². The fraction of sp³-hybridized carbons (Fsp3) is 0.231. The molecular weight excluding hydrogens is 861 g/mol. The Morgan fingerprint density at radius 3 is 2.18 bits per heavy atom. The molecular formula is C52H48IrN2O-2. The van der Waals surface area contributed by atoms with Crippen molar-refractivity contribution < 1.29 is 42.3 Å². The van der Waals surface area contributed by atoms with E-state index in [0.717, 1.165) is 29.2 Å². The van der Waals surface area contributed by atoms with Crippen molar-refractivity contribution in [1.29, 1.82) is 0 Å². The largest absolute Gasteiger partial charge is 0.501 e. The summed E-state index contributed by atoms with van der Waals surface area (Å²) in [6.07, 6.45) is 5.69.